The van der Waals surface area contributed by atoms with Crippen LogP contribution in [0.15, 0.2) is 42.6 Å². The third-order valence-corrected chi connectivity index (χ3v) is 2.78. The van der Waals surface area contributed by atoms with Crippen LogP contribution in [0.25, 0.3) is 0 Å². The van der Waals surface area contributed by atoms with Crippen molar-refractivity contribution in [2.45, 2.75) is 13.5 Å². The molecule has 0 saturated heterocycles. The largest absolute Gasteiger partial charge is 0.397 e. The van der Waals surface area contributed by atoms with Gasteiger partial charge in [0.05, 0.1) is 12.3 Å². The van der Waals surface area contributed by atoms with E-state index in [1.54, 1.807) is 12.1 Å². The highest BCUT2D eigenvalue weighted by atomic mass is 16.5. The van der Waals surface area contributed by atoms with Crippen LogP contribution >= 0.6 is 0 Å². The normalized spacial score (nSPS) is 10.2. The van der Waals surface area contributed by atoms with E-state index in [2.05, 4.69) is 10.3 Å². The van der Waals surface area contributed by atoms with Crippen LogP contribution < -0.4 is 11.1 Å². The van der Waals surface area contributed by atoms with Crippen molar-refractivity contribution in [2.75, 3.05) is 17.7 Å². The second-order valence-electron chi connectivity index (χ2n) is 4.19. The first-order valence-corrected chi connectivity index (χ1v) is 6.40. The number of carbonyl (C=O) groups is 1. The zero-order valence-corrected chi connectivity index (χ0v) is 11.3. The number of ether oxygens (including phenoxy) is 1. The highest BCUT2D eigenvalue weighted by Crippen LogP contribution is 2.18. The van der Waals surface area contributed by atoms with Gasteiger partial charge in [0, 0.05) is 24.1 Å². The maximum atomic E-state index is 12.2. The van der Waals surface area contributed by atoms with Crippen LogP contribution in [-0.2, 0) is 11.3 Å². The van der Waals surface area contributed by atoms with Crippen LogP contribution in [-0.4, -0.2) is 17.5 Å². The van der Waals surface area contributed by atoms with Crippen LogP contribution in [0.4, 0.5) is 11.4 Å². The molecule has 0 spiro atoms. The van der Waals surface area contributed by atoms with E-state index >= 15 is 0 Å². The van der Waals surface area contributed by atoms with E-state index in [9.17, 15) is 4.79 Å². The van der Waals surface area contributed by atoms with Gasteiger partial charge < -0.3 is 15.8 Å². The minimum atomic E-state index is -0.327. The summed E-state index contributed by atoms with van der Waals surface area (Å²) in [6, 6.07) is 10.8. The van der Waals surface area contributed by atoms with Gasteiger partial charge in [-0.3, -0.25) is 4.79 Å². The summed E-state index contributed by atoms with van der Waals surface area (Å²) in [4.78, 5) is 16.2. The smallest absolute Gasteiger partial charge is 0.276 e. The van der Waals surface area contributed by atoms with Gasteiger partial charge in [-0.2, -0.15) is 0 Å². The van der Waals surface area contributed by atoms with Crippen LogP contribution in [0.2, 0.25) is 0 Å². The Morgan fingerprint density at radius 3 is 2.85 bits per heavy atom. The maximum Gasteiger partial charge on any atom is 0.276 e. The van der Waals surface area contributed by atoms with Crippen molar-refractivity contribution in [3.63, 3.8) is 0 Å². The van der Waals surface area contributed by atoms with Gasteiger partial charge in [-0.05, 0) is 25.1 Å². The first-order chi connectivity index (χ1) is 9.72. The van der Waals surface area contributed by atoms with Gasteiger partial charge in [-0.15, -0.1) is 0 Å². The quantitative estimate of drug-likeness (QED) is 0.875. The monoisotopic (exact) mass is 271 g/mol. The second kappa shape index (κ2) is 6.68. The van der Waals surface area contributed by atoms with Crippen molar-refractivity contribution >= 4 is 17.3 Å². The van der Waals surface area contributed by atoms with Gasteiger partial charge in [0.15, 0.2) is 5.69 Å². The molecule has 20 heavy (non-hydrogen) atoms. The zero-order valence-electron chi connectivity index (χ0n) is 11.3. The standard InChI is InChI=1S/C15H17N3O2/c1-2-20-10-11-6-3-4-8-13(11)18-15(19)14-12(16)7-5-9-17-14/h3-9H,2,10,16H2,1H3,(H,18,19). The Balaban J connectivity index is 2.18. The molecule has 2 aromatic rings. The molecular formula is C15H17N3O2. The minimum Gasteiger partial charge on any atom is -0.397 e. The molecule has 0 atom stereocenters. The number of hydrogen-bond donors (Lipinski definition) is 2. The van der Waals surface area contributed by atoms with Crippen molar-refractivity contribution in [2.24, 2.45) is 0 Å². The van der Waals surface area contributed by atoms with E-state index in [0.29, 0.717) is 24.6 Å². The van der Waals surface area contributed by atoms with Crippen molar-refractivity contribution in [1.29, 1.82) is 0 Å². The number of hydrogen-bond acceptors (Lipinski definition) is 4. The van der Waals surface area contributed by atoms with Gasteiger partial charge in [-0.25, -0.2) is 4.98 Å². The number of anilines is 2. The molecule has 0 saturated carbocycles. The highest BCUT2D eigenvalue weighted by molar-refractivity contribution is 6.06. The summed E-state index contributed by atoms with van der Waals surface area (Å²) in [7, 11) is 0. The van der Waals surface area contributed by atoms with Crippen LogP contribution in [0.3, 0.4) is 0 Å². The number of nitrogen functional groups attached to an aromatic ring is 1. The van der Waals surface area contributed by atoms with Gasteiger partial charge in [0.1, 0.15) is 0 Å². The summed E-state index contributed by atoms with van der Waals surface area (Å²) < 4.78 is 5.38. The van der Waals surface area contributed by atoms with Gasteiger partial charge in [0.2, 0.25) is 0 Å². The van der Waals surface area contributed by atoms with Crippen molar-refractivity contribution in [1.82, 2.24) is 4.98 Å². The first-order valence-electron chi connectivity index (χ1n) is 6.40. The number of rotatable bonds is 5. The van der Waals surface area contributed by atoms with E-state index in [1.807, 2.05) is 31.2 Å². The Labute approximate surface area is 117 Å². The summed E-state index contributed by atoms with van der Waals surface area (Å²) in [5.41, 5.74) is 7.94. The Hall–Kier alpha value is -2.40. The Morgan fingerprint density at radius 2 is 2.10 bits per heavy atom. The molecule has 0 aliphatic carbocycles. The minimum absolute atomic E-state index is 0.221. The van der Waals surface area contributed by atoms with Gasteiger partial charge in [0.25, 0.3) is 5.91 Å². The summed E-state index contributed by atoms with van der Waals surface area (Å²) in [6.07, 6.45) is 1.54. The molecule has 0 bridgehead atoms. The average Bonchev–Trinajstić information content (AvgIpc) is 2.46. The molecule has 1 aromatic carbocycles. The van der Waals surface area contributed by atoms with E-state index in [4.69, 9.17) is 10.5 Å². The van der Waals surface area contributed by atoms with Crippen LogP contribution in [0, 0.1) is 0 Å². The van der Waals surface area contributed by atoms with E-state index < -0.39 is 0 Å². The van der Waals surface area contributed by atoms with Crippen molar-refractivity contribution in [3.8, 4) is 0 Å². The molecule has 3 N–H and O–H groups in total. The number of aromatic nitrogens is 1. The molecule has 0 fully saturated rings. The number of para-hydroxylation sites is 1. The van der Waals surface area contributed by atoms with Crippen molar-refractivity contribution in [3.05, 3.63) is 53.9 Å². The SMILES string of the molecule is CCOCc1ccccc1NC(=O)c1ncccc1N. The summed E-state index contributed by atoms with van der Waals surface area (Å²) in [5.74, 6) is -0.327. The average molecular weight is 271 g/mol. The first kappa shape index (κ1) is 14.0. The van der Waals surface area contributed by atoms with E-state index in [0.717, 1.165) is 5.56 Å². The number of carbonyl (C=O) groups excluding carboxylic acids is 1. The second-order valence-corrected chi connectivity index (χ2v) is 4.19. The summed E-state index contributed by atoms with van der Waals surface area (Å²) in [5, 5.41) is 2.82. The van der Waals surface area contributed by atoms with Crippen LogP contribution in [0.5, 0.6) is 0 Å². The Morgan fingerprint density at radius 1 is 1.30 bits per heavy atom. The van der Waals surface area contributed by atoms with Gasteiger partial charge >= 0.3 is 0 Å². The molecule has 2 rings (SSSR count). The van der Waals surface area contributed by atoms with E-state index in [1.165, 1.54) is 6.20 Å². The molecule has 104 valence electrons. The number of amides is 1. The lowest BCUT2D eigenvalue weighted by atomic mass is 10.2. The third-order valence-electron chi connectivity index (χ3n) is 2.78. The molecule has 1 amide bonds. The lowest BCUT2D eigenvalue weighted by Gasteiger charge is -2.11. The summed E-state index contributed by atoms with van der Waals surface area (Å²) >= 11 is 0. The van der Waals surface area contributed by atoms with E-state index in [-0.39, 0.29) is 11.6 Å². The molecule has 0 aliphatic rings. The zero-order chi connectivity index (χ0) is 14.4. The topological polar surface area (TPSA) is 77.2 Å². The number of benzene rings is 1. The van der Waals surface area contributed by atoms with Crippen molar-refractivity contribution < 1.29 is 9.53 Å². The molecule has 5 nitrogen and oxygen atoms in total. The third kappa shape index (κ3) is 3.33. The van der Waals surface area contributed by atoms with Crippen LogP contribution in [0.1, 0.15) is 23.0 Å². The molecule has 0 unspecified atom stereocenters. The molecule has 5 heteroatoms. The molecular weight excluding hydrogens is 254 g/mol. The lowest BCUT2D eigenvalue weighted by molar-refractivity contribution is 0.102. The number of nitrogens with zero attached hydrogens (tertiary/aromatic N) is 1. The fourth-order valence-electron chi connectivity index (χ4n) is 1.77. The molecule has 1 aromatic heterocycles. The summed E-state index contributed by atoms with van der Waals surface area (Å²) in [6.45, 7) is 3.00. The Kier molecular flexibility index (Phi) is 4.68. The Bertz CT molecular complexity index is 599. The molecule has 0 radical (unpaired) electrons. The molecule has 1 heterocycles. The number of pyridine rings is 1. The number of nitrogens with two attached hydrogens (primary N) is 1. The number of nitrogens with one attached hydrogen (secondary N) is 1. The predicted molar refractivity (Wildman–Crippen MR) is 78.4 cm³/mol. The van der Waals surface area contributed by atoms with Gasteiger partial charge in [-0.1, -0.05) is 18.2 Å². The highest BCUT2D eigenvalue weighted by Gasteiger charge is 2.12. The lowest BCUT2D eigenvalue weighted by Crippen LogP contribution is -2.16. The molecule has 0 aliphatic heterocycles. The fraction of sp³-hybridized carbons (Fsp3) is 0.200. The fourth-order valence-corrected chi connectivity index (χ4v) is 1.77. The maximum absolute atomic E-state index is 12.2. The predicted octanol–water partition coefficient (Wildman–Crippen LogP) is 2.45.